The lowest BCUT2D eigenvalue weighted by Crippen LogP contribution is -2.02. The standard InChI is InChI=1S/C11H16FNO/c1-9-4-5-10(8-11(9)12)13-6-2-3-7-14/h4-5,8,13-14H,2-3,6-7H2,1H3. The molecule has 0 amide bonds. The fourth-order valence-electron chi connectivity index (χ4n) is 1.17. The minimum atomic E-state index is -0.183. The third kappa shape index (κ3) is 3.34. The second-order valence-corrected chi connectivity index (χ2v) is 3.32. The molecule has 2 nitrogen and oxygen atoms in total. The largest absolute Gasteiger partial charge is 0.396 e. The van der Waals surface area contributed by atoms with Crippen molar-refractivity contribution in [3.63, 3.8) is 0 Å². The summed E-state index contributed by atoms with van der Waals surface area (Å²) in [4.78, 5) is 0. The lowest BCUT2D eigenvalue weighted by molar-refractivity contribution is 0.286. The van der Waals surface area contributed by atoms with Crippen molar-refractivity contribution >= 4 is 5.69 Å². The zero-order chi connectivity index (χ0) is 10.4. The molecular formula is C11H16FNO. The monoisotopic (exact) mass is 197 g/mol. The van der Waals surface area contributed by atoms with Crippen molar-refractivity contribution in [1.82, 2.24) is 0 Å². The highest BCUT2D eigenvalue weighted by Gasteiger charge is 1.97. The van der Waals surface area contributed by atoms with E-state index in [1.54, 1.807) is 13.0 Å². The first kappa shape index (κ1) is 11.0. The van der Waals surface area contributed by atoms with Crippen LogP contribution in [0.3, 0.4) is 0 Å². The highest BCUT2D eigenvalue weighted by Crippen LogP contribution is 2.13. The average molecular weight is 197 g/mol. The summed E-state index contributed by atoms with van der Waals surface area (Å²) < 4.78 is 13.1. The first-order valence-electron chi connectivity index (χ1n) is 4.85. The van der Waals surface area contributed by atoms with Crippen molar-refractivity contribution < 1.29 is 9.50 Å². The van der Waals surface area contributed by atoms with Gasteiger partial charge >= 0.3 is 0 Å². The Kier molecular flexibility index (Phi) is 4.40. The molecule has 14 heavy (non-hydrogen) atoms. The molecule has 0 aliphatic carbocycles. The van der Waals surface area contributed by atoms with Crippen LogP contribution in [-0.4, -0.2) is 18.3 Å². The van der Waals surface area contributed by atoms with Gasteiger partial charge in [-0.3, -0.25) is 0 Å². The summed E-state index contributed by atoms with van der Waals surface area (Å²) >= 11 is 0. The van der Waals surface area contributed by atoms with E-state index >= 15 is 0 Å². The molecule has 0 saturated heterocycles. The van der Waals surface area contributed by atoms with Gasteiger partial charge in [-0.15, -0.1) is 0 Å². The van der Waals surface area contributed by atoms with Crippen molar-refractivity contribution in [3.8, 4) is 0 Å². The lowest BCUT2D eigenvalue weighted by Gasteiger charge is -2.06. The van der Waals surface area contributed by atoms with E-state index in [1.165, 1.54) is 6.07 Å². The number of unbranched alkanes of at least 4 members (excludes halogenated alkanes) is 1. The molecular weight excluding hydrogens is 181 g/mol. The molecule has 0 aliphatic rings. The predicted molar refractivity (Wildman–Crippen MR) is 55.9 cm³/mol. The zero-order valence-corrected chi connectivity index (χ0v) is 8.39. The smallest absolute Gasteiger partial charge is 0.128 e. The fraction of sp³-hybridized carbons (Fsp3) is 0.455. The quantitative estimate of drug-likeness (QED) is 0.710. The number of halogens is 1. The Morgan fingerprint density at radius 2 is 2.14 bits per heavy atom. The van der Waals surface area contributed by atoms with Crippen LogP contribution in [-0.2, 0) is 0 Å². The van der Waals surface area contributed by atoms with E-state index in [0.717, 1.165) is 25.1 Å². The van der Waals surface area contributed by atoms with Crippen molar-refractivity contribution in [2.24, 2.45) is 0 Å². The number of aliphatic hydroxyl groups excluding tert-OH is 1. The first-order valence-corrected chi connectivity index (χ1v) is 4.85. The van der Waals surface area contributed by atoms with E-state index in [0.29, 0.717) is 5.56 Å². The Labute approximate surface area is 83.8 Å². The molecule has 1 aromatic carbocycles. The van der Waals surface area contributed by atoms with Crippen LogP contribution < -0.4 is 5.32 Å². The molecule has 0 aliphatic heterocycles. The summed E-state index contributed by atoms with van der Waals surface area (Å²) in [6.45, 7) is 2.72. The van der Waals surface area contributed by atoms with Crippen molar-refractivity contribution in [1.29, 1.82) is 0 Å². The Morgan fingerprint density at radius 3 is 2.79 bits per heavy atom. The van der Waals surface area contributed by atoms with Gasteiger partial charge in [-0.2, -0.15) is 0 Å². The van der Waals surface area contributed by atoms with E-state index in [-0.39, 0.29) is 12.4 Å². The van der Waals surface area contributed by atoms with Crippen LogP contribution in [0.2, 0.25) is 0 Å². The Morgan fingerprint density at radius 1 is 1.36 bits per heavy atom. The van der Waals surface area contributed by atoms with Gasteiger partial charge in [0.2, 0.25) is 0 Å². The van der Waals surface area contributed by atoms with Crippen LogP contribution >= 0.6 is 0 Å². The van der Waals surface area contributed by atoms with E-state index in [2.05, 4.69) is 5.32 Å². The van der Waals surface area contributed by atoms with Crippen LogP contribution in [0.4, 0.5) is 10.1 Å². The minimum Gasteiger partial charge on any atom is -0.396 e. The van der Waals surface area contributed by atoms with Gasteiger partial charge in [0, 0.05) is 18.8 Å². The third-order valence-electron chi connectivity index (χ3n) is 2.09. The van der Waals surface area contributed by atoms with Gasteiger partial charge in [0.15, 0.2) is 0 Å². The van der Waals surface area contributed by atoms with Crippen LogP contribution in [0, 0.1) is 12.7 Å². The summed E-state index contributed by atoms with van der Waals surface area (Å²) in [6.07, 6.45) is 1.67. The molecule has 1 rings (SSSR count). The number of hydrogen-bond donors (Lipinski definition) is 2. The predicted octanol–water partition coefficient (Wildman–Crippen LogP) is 2.32. The Balaban J connectivity index is 2.39. The first-order chi connectivity index (χ1) is 6.74. The summed E-state index contributed by atoms with van der Waals surface area (Å²) in [5, 5.41) is 11.7. The SMILES string of the molecule is Cc1ccc(NCCCCO)cc1F. The fourth-order valence-corrected chi connectivity index (χ4v) is 1.17. The summed E-state index contributed by atoms with van der Waals surface area (Å²) in [5.41, 5.74) is 1.46. The van der Waals surface area contributed by atoms with Gasteiger partial charge in [-0.1, -0.05) is 6.07 Å². The van der Waals surface area contributed by atoms with Gasteiger partial charge in [0.1, 0.15) is 5.82 Å². The molecule has 78 valence electrons. The molecule has 0 atom stereocenters. The lowest BCUT2D eigenvalue weighted by atomic mass is 10.2. The van der Waals surface area contributed by atoms with Gasteiger partial charge in [0.05, 0.1) is 0 Å². The molecule has 0 heterocycles. The van der Waals surface area contributed by atoms with E-state index in [9.17, 15) is 4.39 Å². The number of aryl methyl sites for hydroxylation is 1. The molecule has 0 aromatic heterocycles. The molecule has 0 fully saturated rings. The number of nitrogens with one attached hydrogen (secondary N) is 1. The van der Waals surface area contributed by atoms with Crippen LogP contribution in [0.5, 0.6) is 0 Å². The van der Waals surface area contributed by atoms with E-state index in [4.69, 9.17) is 5.11 Å². The summed E-state index contributed by atoms with van der Waals surface area (Å²) in [5.74, 6) is -0.183. The molecule has 0 radical (unpaired) electrons. The number of hydrogen-bond acceptors (Lipinski definition) is 2. The van der Waals surface area contributed by atoms with Crippen molar-refractivity contribution in [2.75, 3.05) is 18.5 Å². The third-order valence-corrected chi connectivity index (χ3v) is 2.09. The number of anilines is 1. The van der Waals surface area contributed by atoms with Crippen LogP contribution in [0.1, 0.15) is 18.4 Å². The second kappa shape index (κ2) is 5.60. The second-order valence-electron chi connectivity index (χ2n) is 3.32. The number of aliphatic hydroxyl groups is 1. The maximum Gasteiger partial charge on any atom is 0.128 e. The van der Waals surface area contributed by atoms with Gasteiger partial charge in [0.25, 0.3) is 0 Å². The zero-order valence-electron chi connectivity index (χ0n) is 8.39. The van der Waals surface area contributed by atoms with Crippen molar-refractivity contribution in [3.05, 3.63) is 29.6 Å². The van der Waals surface area contributed by atoms with Crippen molar-refractivity contribution in [2.45, 2.75) is 19.8 Å². The summed E-state index contributed by atoms with van der Waals surface area (Å²) in [7, 11) is 0. The molecule has 0 unspecified atom stereocenters. The maximum absolute atomic E-state index is 13.1. The number of rotatable bonds is 5. The van der Waals surface area contributed by atoms with E-state index in [1.807, 2.05) is 6.07 Å². The highest BCUT2D eigenvalue weighted by atomic mass is 19.1. The topological polar surface area (TPSA) is 32.3 Å². The van der Waals surface area contributed by atoms with E-state index < -0.39 is 0 Å². The summed E-state index contributed by atoms with van der Waals surface area (Å²) in [6, 6.07) is 5.11. The molecule has 0 spiro atoms. The highest BCUT2D eigenvalue weighted by molar-refractivity contribution is 5.44. The molecule has 0 saturated carbocycles. The van der Waals surface area contributed by atoms with Crippen LogP contribution in [0.25, 0.3) is 0 Å². The average Bonchev–Trinajstić information content (AvgIpc) is 2.18. The molecule has 2 N–H and O–H groups in total. The normalized spacial score (nSPS) is 10.2. The number of benzene rings is 1. The molecule has 1 aromatic rings. The Bertz CT molecular complexity index is 289. The molecule has 0 bridgehead atoms. The van der Waals surface area contributed by atoms with Gasteiger partial charge < -0.3 is 10.4 Å². The minimum absolute atomic E-state index is 0.183. The van der Waals surface area contributed by atoms with Gasteiger partial charge in [-0.25, -0.2) is 4.39 Å². The molecule has 3 heteroatoms. The van der Waals surface area contributed by atoms with Gasteiger partial charge in [-0.05, 0) is 37.5 Å². The maximum atomic E-state index is 13.1. The Hall–Kier alpha value is -1.09. The van der Waals surface area contributed by atoms with Crippen LogP contribution in [0.15, 0.2) is 18.2 Å².